The summed E-state index contributed by atoms with van der Waals surface area (Å²) in [6.45, 7) is 4.67. The van der Waals surface area contributed by atoms with Gasteiger partial charge >= 0.3 is 0 Å². The highest BCUT2D eigenvalue weighted by Crippen LogP contribution is 2.07. The van der Waals surface area contributed by atoms with Crippen LogP contribution in [0, 0.1) is 0 Å². The van der Waals surface area contributed by atoms with E-state index in [9.17, 15) is 0 Å². The first-order valence-electron chi connectivity index (χ1n) is 4.52. The lowest BCUT2D eigenvalue weighted by Crippen LogP contribution is -2.08. The number of alkyl halides is 1. The van der Waals surface area contributed by atoms with Gasteiger partial charge < -0.3 is 9.47 Å². The molecule has 3 heteroatoms. The molecule has 1 atom stereocenters. The van der Waals surface area contributed by atoms with Crippen LogP contribution in [0.15, 0.2) is 0 Å². The average Bonchev–Trinajstić information content (AvgIpc) is 2.05. The predicted molar refractivity (Wildman–Crippen MR) is 54.9 cm³/mol. The Balaban J connectivity index is 2.97. The Morgan fingerprint density at radius 1 is 1.33 bits per heavy atom. The summed E-state index contributed by atoms with van der Waals surface area (Å²) in [6, 6.07) is 0. The molecule has 0 bridgehead atoms. The first kappa shape index (κ1) is 12.4. The van der Waals surface area contributed by atoms with Gasteiger partial charge in [0.1, 0.15) is 0 Å². The summed E-state index contributed by atoms with van der Waals surface area (Å²) < 4.78 is 10.3. The van der Waals surface area contributed by atoms with E-state index < -0.39 is 0 Å². The van der Waals surface area contributed by atoms with E-state index in [1.165, 1.54) is 0 Å². The fourth-order valence-electron chi connectivity index (χ4n) is 0.917. The van der Waals surface area contributed by atoms with Gasteiger partial charge in [-0.25, -0.2) is 0 Å². The quantitative estimate of drug-likeness (QED) is 0.478. The minimum absolute atomic E-state index is 0.479. The van der Waals surface area contributed by atoms with Crippen LogP contribution < -0.4 is 0 Å². The van der Waals surface area contributed by atoms with E-state index in [0.717, 1.165) is 39.1 Å². The largest absolute Gasteiger partial charge is 0.384 e. The van der Waals surface area contributed by atoms with Gasteiger partial charge in [-0.3, -0.25) is 0 Å². The van der Waals surface area contributed by atoms with Gasteiger partial charge in [0, 0.05) is 25.2 Å². The van der Waals surface area contributed by atoms with Crippen LogP contribution in [0.2, 0.25) is 0 Å². The molecule has 0 saturated carbocycles. The van der Waals surface area contributed by atoms with Crippen molar-refractivity contribution in [1.29, 1.82) is 0 Å². The van der Waals surface area contributed by atoms with Gasteiger partial charge in [0.15, 0.2) is 0 Å². The lowest BCUT2D eigenvalue weighted by Gasteiger charge is -2.07. The number of rotatable bonds is 8. The van der Waals surface area contributed by atoms with Crippen LogP contribution in [-0.2, 0) is 9.47 Å². The van der Waals surface area contributed by atoms with E-state index in [1.54, 1.807) is 7.11 Å². The van der Waals surface area contributed by atoms with Crippen LogP contribution in [0.4, 0.5) is 0 Å². The second kappa shape index (κ2) is 9.49. The molecule has 74 valence electrons. The van der Waals surface area contributed by atoms with Crippen LogP contribution in [0.1, 0.15) is 26.2 Å². The molecule has 12 heavy (non-hydrogen) atoms. The Labute approximate surface area is 83.8 Å². The third-order valence-electron chi connectivity index (χ3n) is 1.50. The fraction of sp³-hybridized carbons (Fsp3) is 1.00. The molecule has 0 rings (SSSR count). The molecule has 0 aromatic heterocycles. The maximum atomic E-state index is 5.35. The summed E-state index contributed by atoms with van der Waals surface area (Å²) in [7, 11) is 1.72. The highest BCUT2D eigenvalue weighted by Gasteiger charge is 2.01. The lowest BCUT2D eigenvalue weighted by molar-refractivity contribution is 0.128. The summed E-state index contributed by atoms with van der Waals surface area (Å²) in [6.07, 6.45) is 3.34. The van der Waals surface area contributed by atoms with Crippen LogP contribution in [0.3, 0.4) is 0 Å². The van der Waals surface area contributed by atoms with E-state index in [1.807, 2.05) is 0 Å². The summed E-state index contributed by atoms with van der Waals surface area (Å²) >= 11 is 3.53. The molecule has 0 spiro atoms. The number of ether oxygens (including phenoxy) is 2. The molecule has 0 aliphatic heterocycles. The van der Waals surface area contributed by atoms with Gasteiger partial charge in [0.05, 0.1) is 6.61 Å². The van der Waals surface area contributed by atoms with Crippen LogP contribution in [0.25, 0.3) is 0 Å². The number of hydrogen-bond donors (Lipinski definition) is 0. The standard InChI is InChI=1S/C9H19BrO2/c1-3-6-12-7-4-5-9(10)8-11-2/h9H,3-8H2,1-2H3. The van der Waals surface area contributed by atoms with Gasteiger partial charge in [-0.15, -0.1) is 0 Å². The van der Waals surface area contributed by atoms with Gasteiger partial charge in [-0.05, 0) is 19.3 Å². The second-order valence-corrected chi connectivity index (χ2v) is 4.10. The van der Waals surface area contributed by atoms with Crippen molar-refractivity contribution in [2.45, 2.75) is 31.0 Å². The number of halogens is 1. The third-order valence-corrected chi connectivity index (χ3v) is 2.22. The van der Waals surface area contributed by atoms with E-state index in [-0.39, 0.29) is 0 Å². The Bertz CT molecular complexity index is 88.6. The molecule has 0 aliphatic carbocycles. The van der Waals surface area contributed by atoms with E-state index in [2.05, 4.69) is 22.9 Å². The molecule has 1 unspecified atom stereocenters. The summed E-state index contributed by atoms with van der Waals surface area (Å²) in [5.41, 5.74) is 0. The Morgan fingerprint density at radius 3 is 2.67 bits per heavy atom. The molecule has 0 N–H and O–H groups in total. The van der Waals surface area contributed by atoms with Gasteiger partial charge in [0.2, 0.25) is 0 Å². The fourth-order valence-corrected chi connectivity index (χ4v) is 1.51. The molecule has 0 heterocycles. The van der Waals surface area contributed by atoms with E-state index in [4.69, 9.17) is 9.47 Å². The lowest BCUT2D eigenvalue weighted by atomic mass is 10.2. The van der Waals surface area contributed by atoms with Crippen molar-refractivity contribution in [1.82, 2.24) is 0 Å². The smallest absolute Gasteiger partial charge is 0.0587 e. The number of methoxy groups -OCH3 is 1. The zero-order chi connectivity index (χ0) is 9.23. The summed E-state index contributed by atoms with van der Waals surface area (Å²) in [4.78, 5) is 0.479. The van der Waals surface area contributed by atoms with E-state index in [0.29, 0.717) is 4.83 Å². The van der Waals surface area contributed by atoms with Gasteiger partial charge in [0.25, 0.3) is 0 Å². The second-order valence-electron chi connectivity index (χ2n) is 2.81. The molecular formula is C9H19BrO2. The topological polar surface area (TPSA) is 18.5 Å². The van der Waals surface area contributed by atoms with Crippen LogP contribution >= 0.6 is 15.9 Å². The molecule has 0 saturated heterocycles. The monoisotopic (exact) mass is 238 g/mol. The molecule has 0 radical (unpaired) electrons. The first-order valence-corrected chi connectivity index (χ1v) is 5.43. The van der Waals surface area contributed by atoms with Crippen molar-refractivity contribution in [2.75, 3.05) is 26.9 Å². The summed E-state index contributed by atoms with van der Waals surface area (Å²) in [5, 5.41) is 0. The highest BCUT2D eigenvalue weighted by molar-refractivity contribution is 9.09. The summed E-state index contributed by atoms with van der Waals surface area (Å²) in [5.74, 6) is 0. The molecule has 0 aromatic rings. The van der Waals surface area contributed by atoms with Crippen LogP contribution in [0.5, 0.6) is 0 Å². The molecule has 0 fully saturated rings. The minimum atomic E-state index is 0.479. The first-order chi connectivity index (χ1) is 5.81. The maximum Gasteiger partial charge on any atom is 0.0587 e. The van der Waals surface area contributed by atoms with Crippen molar-refractivity contribution >= 4 is 15.9 Å². The Morgan fingerprint density at radius 2 is 2.08 bits per heavy atom. The maximum absolute atomic E-state index is 5.35. The van der Waals surface area contributed by atoms with Crippen molar-refractivity contribution < 1.29 is 9.47 Å². The molecular weight excluding hydrogens is 220 g/mol. The normalized spacial score (nSPS) is 13.2. The average molecular weight is 239 g/mol. The van der Waals surface area contributed by atoms with Crippen molar-refractivity contribution in [3.8, 4) is 0 Å². The SMILES string of the molecule is CCCOCCCC(Br)COC. The van der Waals surface area contributed by atoms with Crippen molar-refractivity contribution in [3.63, 3.8) is 0 Å². The highest BCUT2D eigenvalue weighted by atomic mass is 79.9. The Hall–Kier alpha value is 0.400. The van der Waals surface area contributed by atoms with Crippen molar-refractivity contribution in [3.05, 3.63) is 0 Å². The molecule has 0 amide bonds. The minimum Gasteiger partial charge on any atom is -0.384 e. The predicted octanol–water partition coefficient (Wildman–Crippen LogP) is 2.60. The number of hydrogen-bond acceptors (Lipinski definition) is 2. The molecule has 0 aliphatic rings. The zero-order valence-corrected chi connectivity index (χ0v) is 9.60. The molecule has 0 aromatic carbocycles. The van der Waals surface area contributed by atoms with Gasteiger partial charge in [-0.1, -0.05) is 22.9 Å². The van der Waals surface area contributed by atoms with E-state index >= 15 is 0 Å². The third kappa shape index (κ3) is 8.50. The van der Waals surface area contributed by atoms with Gasteiger partial charge in [-0.2, -0.15) is 0 Å². The van der Waals surface area contributed by atoms with Crippen molar-refractivity contribution in [2.24, 2.45) is 0 Å². The van der Waals surface area contributed by atoms with Crippen LogP contribution in [-0.4, -0.2) is 31.8 Å². The Kier molecular flexibility index (Phi) is 9.80. The molecule has 2 nitrogen and oxygen atoms in total. The zero-order valence-electron chi connectivity index (χ0n) is 8.01.